The molecular weight excluding hydrogens is 509 g/mol. The number of aliphatic hydroxyl groups is 1. The van der Waals surface area contributed by atoms with E-state index in [1.165, 1.54) is 12.1 Å². The van der Waals surface area contributed by atoms with Gasteiger partial charge in [0.1, 0.15) is 0 Å². The molecule has 1 N–H and O–H groups in total. The largest absolute Gasteiger partial charge is 0.493 e. The zero-order chi connectivity index (χ0) is 28.6. The molecule has 9 heteroatoms. The summed E-state index contributed by atoms with van der Waals surface area (Å²) in [6.07, 6.45) is -1.59. The van der Waals surface area contributed by atoms with Crippen LogP contribution in [0.1, 0.15) is 69.8 Å². The highest BCUT2D eigenvalue weighted by Gasteiger charge is 2.30. The van der Waals surface area contributed by atoms with Crippen LogP contribution in [0.15, 0.2) is 42.5 Å². The molecule has 2 aromatic rings. The van der Waals surface area contributed by atoms with Gasteiger partial charge in [-0.05, 0) is 50.1 Å². The SMILES string of the molecule is C.CC.CCCO.COc1cccc(N2CCN(CCCCC(=O)c3ccc(C(F)(F)F)cc3)CC2)c1OC. The average Bonchev–Trinajstić information content (AvgIpc) is 2.95. The normalized spacial score (nSPS) is 13.2. The minimum absolute atomic E-state index is 0. The molecule has 0 aliphatic carbocycles. The van der Waals surface area contributed by atoms with E-state index in [4.69, 9.17) is 14.6 Å². The van der Waals surface area contributed by atoms with E-state index >= 15 is 0 Å². The van der Waals surface area contributed by atoms with E-state index in [2.05, 4.69) is 9.80 Å². The molecule has 1 heterocycles. The second-order valence-corrected chi connectivity index (χ2v) is 8.52. The number of carbonyl (C=O) groups is 1. The molecule has 6 nitrogen and oxygen atoms in total. The summed E-state index contributed by atoms with van der Waals surface area (Å²) in [4.78, 5) is 16.9. The Bertz CT molecular complexity index is 927. The maximum Gasteiger partial charge on any atom is 0.416 e. The van der Waals surface area contributed by atoms with Crippen LogP contribution in [0.25, 0.3) is 0 Å². The predicted molar refractivity (Wildman–Crippen MR) is 153 cm³/mol. The minimum atomic E-state index is -4.39. The molecule has 0 amide bonds. The van der Waals surface area contributed by atoms with Crippen LogP contribution in [0.5, 0.6) is 11.5 Å². The molecule has 222 valence electrons. The average molecular weight is 557 g/mol. The molecule has 1 saturated heterocycles. The maximum atomic E-state index is 12.6. The van der Waals surface area contributed by atoms with E-state index in [0.29, 0.717) is 30.8 Å². The van der Waals surface area contributed by atoms with Crippen molar-refractivity contribution in [2.75, 3.05) is 58.5 Å². The molecule has 1 aliphatic rings. The molecule has 0 unspecified atom stereocenters. The van der Waals surface area contributed by atoms with Crippen LogP contribution in [-0.4, -0.2) is 69.3 Å². The highest BCUT2D eigenvalue weighted by Crippen LogP contribution is 2.37. The third-order valence-electron chi connectivity index (χ3n) is 5.98. The van der Waals surface area contributed by atoms with E-state index in [9.17, 15) is 18.0 Å². The lowest BCUT2D eigenvalue weighted by Gasteiger charge is -2.36. The number of aliphatic hydroxyl groups excluding tert-OH is 1. The van der Waals surface area contributed by atoms with E-state index in [-0.39, 0.29) is 13.2 Å². The van der Waals surface area contributed by atoms with Crippen LogP contribution in [0, 0.1) is 0 Å². The molecule has 2 aromatic carbocycles. The summed E-state index contributed by atoms with van der Waals surface area (Å²) in [5.41, 5.74) is 0.618. The lowest BCUT2D eigenvalue weighted by Crippen LogP contribution is -2.46. The first-order chi connectivity index (χ1) is 18.2. The molecule has 1 aliphatic heterocycles. The fourth-order valence-electron chi connectivity index (χ4n) is 3.94. The Morgan fingerprint density at radius 2 is 1.54 bits per heavy atom. The number of ether oxygens (including phenoxy) is 2. The Morgan fingerprint density at radius 1 is 0.949 bits per heavy atom. The molecule has 39 heavy (non-hydrogen) atoms. The first-order valence-electron chi connectivity index (χ1n) is 13.2. The maximum absolute atomic E-state index is 12.6. The number of ketones is 1. The molecule has 0 bridgehead atoms. The van der Waals surface area contributed by atoms with Gasteiger partial charge >= 0.3 is 6.18 Å². The molecule has 0 saturated carbocycles. The second-order valence-electron chi connectivity index (χ2n) is 8.52. The fourth-order valence-corrected chi connectivity index (χ4v) is 3.94. The Balaban J connectivity index is 0.00000189. The first kappa shape index (κ1) is 36.2. The van der Waals surface area contributed by atoms with Gasteiger partial charge in [-0.3, -0.25) is 9.69 Å². The smallest absolute Gasteiger partial charge is 0.416 e. The van der Waals surface area contributed by atoms with Crippen molar-refractivity contribution in [2.45, 2.75) is 60.1 Å². The summed E-state index contributed by atoms with van der Waals surface area (Å²) < 4.78 is 48.8. The summed E-state index contributed by atoms with van der Waals surface area (Å²) in [5, 5.41) is 7.88. The lowest BCUT2D eigenvalue weighted by atomic mass is 10.0. The number of hydrogen-bond donors (Lipinski definition) is 1. The Kier molecular flexibility index (Phi) is 17.9. The Hall–Kier alpha value is -2.78. The standard InChI is InChI=1S/C24H29F3N2O3.C3H8O.C2H6.CH4/c1-31-22-8-5-6-20(23(22)32-2)29-16-14-28(15-17-29)13-4-3-7-21(30)18-9-11-19(12-10-18)24(25,26)27;1-2-3-4;1-2;/h5-6,8-12H,3-4,7,13-17H2,1-2H3;4H,2-3H2,1H3;1-2H3;1H4. The monoisotopic (exact) mass is 556 g/mol. The van der Waals surface area contributed by atoms with Gasteiger partial charge in [-0.25, -0.2) is 0 Å². The van der Waals surface area contributed by atoms with Crippen LogP contribution in [-0.2, 0) is 6.18 Å². The summed E-state index contributed by atoms with van der Waals surface area (Å²) >= 11 is 0. The number of nitrogens with zero attached hydrogens (tertiary/aromatic N) is 2. The van der Waals surface area contributed by atoms with E-state index in [1.54, 1.807) is 14.2 Å². The predicted octanol–water partition coefficient (Wildman–Crippen LogP) is 6.95. The number of methoxy groups -OCH3 is 2. The van der Waals surface area contributed by atoms with E-state index in [1.807, 2.05) is 39.0 Å². The summed E-state index contributed by atoms with van der Waals surface area (Å²) in [5.74, 6) is 1.34. The van der Waals surface area contributed by atoms with Gasteiger partial charge < -0.3 is 19.5 Å². The molecular formula is C30H47F3N2O4. The van der Waals surface area contributed by atoms with Crippen molar-refractivity contribution in [1.82, 2.24) is 4.90 Å². The third-order valence-corrected chi connectivity index (χ3v) is 5.98. The molecule has 1 fully saturated rings. The van der Waals surface area contributed by atoms with Crippen LogP contribution in [0.3, 0.4) is 0 Å². The minimum Gasteiger partial charge on any atom is -0.493 e. The second kappa shape index (κ2) is 19.3. The van der Waals surface area contributed by atoms with Crippen molar-refractivity contribution in [2.24, 2.45) is 0 Å². The molecule has 0 radical (unpaired) electrons. The summed E-state index contributed by atoms with van der Waals surface area (Å²) in [6.45, 7) is 10.7. The van der Waals surface area contributed by atoms with Gasteiger partial charge in [-0.2, -0.15) is 13.2 Å². The van der Waals surface area contributed by atoms with Crippen molar-refractivity contribution < 1.29 is 32.5 Å². The van der Waals surface area contributed by atoms with E-state index in [0.717, 1.165) is 69.1 Å². The lowest BCUT2D eigenvalue weighted by molar-refractivity contribution is -0.137. The van der Waals surface area contributed by atoms with Gasteiger partial charge in [-0.1, -0.05) is 46.4 Å². The van der Waals surface area contributed by atoms with Gasteiger partial charge in [-0.15, -0.1) is 0 Å². The summed E-state index contributed by atoms with van der Waals surface area (Å²) in [7, 11) is 3.27. The van der Waals surface area contributed by atoms with Crippen molar-refractivity contribution in [3.8, 4) is 11.5 Å². The number of Topliss-reactive ketones (excluding diaryl/α,β-unsaturated/α-hetero) is 1. The zero-order valence-corrected chi connectivity index (χ0v) is 23.3. The van der Waals surface area contributed by atoms with Crippen LogP contribution < -0.4 is 14.4 Å². The molecule has 3 rings (SSSR count). The number of benzene rings is 2. The van der Waals surface area contributed by atoms with Gasteiger partial charge in [0.25, 0.3) is 0 Å². The van der Waals surface area contributed by atoms with Crippen LogP contribution in [0.4, 0.5) is 18.9 Å². The molecule has 0 atom stereocenters. The van der Waals surface area contributed by atoms with Gasteiger partial charge in [0.05, 0.1) is 25.5 Å². The van der Waals surface area contributed by atoms with Gasteiger partial charge in [0, 0.05) is 44.8 Å². The number of alkyl halides is 3. The summed E-state index contributed by atoms with van der Waals surface area (Å²) in [6, 6.07) is 10.3. The Morgan fingerprint density at radius 3 is 2.03 bits per heavy atom. The highest BCUT2D eigenvalue weighted by molar-refractivity contribution is 5.96. The number of piperazine rings is 1. The van der Waals surface area contributed by atoms with Crippen molar-refractivity contribution >= 4 is 11.5 Å². The number of anilines is 1. The number of unbranched alkanes of at least 4 members (excludes halogenated alkanes) is 1. The van der Waals surface area contributed by atoms with Crippen molar-refractivity contribution in [3.63, 3.8) is 0 Å². The zero-order valence-electron chi connectivity index (χ0n) is 23.3. The topological polar surface area (TPSA) is 62.2 Å². The number of carbonyl (C=O) groups excluding carboxylic acids is 1. The van der Waals surface area contributed by atoms with Crippen LogP contribution in [0.2, 0.25) is 0 Å². The highest BCUT2D eigenvalue weighted by atomic mass is 19.4. The van der Waals surface area contributed by atoms with Gasteiger partial charge in [0.15, 0.2) is 17.3 Å². The quantitative estimate of drug-likeness (QED) is 0.252. The van der Waals surface area contributed by atoms with Gasteiger partial charge in [0.2, 0.25) is 0 Å². The molecule has 0 spiro atoms. The first-order valence-corrected chi connectivity index (χ1v) is 13.2. The number of hydrogen-bond acceptors (Lipinski definition) is 6. The number of rotatable bonds is 10. The van der Waals surface area contributed by atoms with E-state index < -0.39 is 11.7 Å². The van der Waals surface area contributed by atoms with Crippen LogP contribution >= 0.6 is 0 Å². The molecule has 0 aromatic heterocycles. The number of halogens is 3. The fraction of sp³-hybridized carbons (Fsp3) is 0.567. The number of para-hydroxylation sites is 1. The van der Waals surface area contributed by atoms with Crippen molar-refractivity contribution in [3.05, 3.63) is 53.6 Å². The Labute approximate surface area is 232 Å². The van der Waals surface area contributed by atoms with Crippen molar-refractivity contribution in [1.29, 1.82) is 0 Å². The third kappa shape index (κ3) is 11.9.